The highest BCUT2D eigenvalue weighted by molar-refractivity contribution is 5.94. The van der Waals surface area contributed by atoms with Crippen molar-refractivity contribution in [3.8, 4) is 0 Å². The lowest BCUT2D eigenvalue weighted by Crippen LogP contribution is -2.52. The number of carbonyl (C=O) groups excluding carboxylic acids is 1. The molecule has 1 aliphatic carbocycles. The maximum Gasteiger partial charge on any atom is 0.328 e. The largest absolute Gasteiger partial charge is 0.386 e. The van der Waals surface area contributed by atoms with Crippen LogP contribution in [-0.4, -0.2) is 49.5 Å². The summed E-state index contributed by atoms with van der Waals surface area (Å²) in [5.41, 5.74) is 2.28. The van der Waals surface area contributed by atoms with Gasteiger partial charge in [-0.1, -0.05) is 0 Å². The Hall–Kier alpha value is -3.47. The van der Waals surface area contributed by atoms with E-state index in [1.54, 1.807) is 26.2 Å². The molecule has 1 aliphatic heterocycles. The maximum absolute atomic E-state index is 12.8. The van der Waals surface area contributed by atoms with E-state index < -0.39 is 0 Å². The van der Waals surface area contributed by atoms with Crippen LogP contribution in [0.2, 0.25) is 0 Å². The van der Waals surface area contributed by atoms with Gasteiger partial charge in [-0.25, -0.2) is 24.0 Å². The van der Waals surface area contributed by atoms with Crippen molar-refractivity contribution in [1.82, 2.24) is 29.6 Å². The number of imidazole rings is 1. The summed E-state index contributed by atoms with van der Waals surface area (Å²) in [6.07, 6.45) is 3.01. The highest BCUT2D eigenvalue weighted by Gasteiger charge is 2.34. The first kappa shape index (κ1) is 17.6. The third-order valence-corrected chi connectivity index (χ3v) is 5.33. The van der Waals surface area contributed by atoms with Gasteiger partial charge in [0.15, 0.2) is 5.65 Å². The summed E-state index contributed by atoms with van der Waals surface area (Å²) in [5, 5.41) is 13.4. The molecule has 0 radical (unpaired) electrons. The highest BCUT2D eigenvalue weighted by atomic mass is 16.5. The minimum Gasteiger partial charge on any atom is -0.386 e. The Bertz CT molecular complexity index is 1180. The number of amides is 1. The van der Waals surface area contributed by atoms with Gasteiger partial charge in [0.2, 0.25) is 0 Å². The summed E-state index contributed by atoms with van der Waals surface area (Å²) < 4.78 is 8.59. The summed E-state index contributed by atoms with van der Waals surface area (Å²) in [6.45, 7) is 0.240. The van der Waals surface area contributed by atoms with Gasteiger partial charge in [0.05, 0.1) is 30.1 Å². The monoisotopic (exact) mass is 396 g/mol. The van der Waals surface area contributed by atoms with Gasteiger partial charge >= 0.3 is 6.03 Å². The molecule has 1 fully saturated rings. The molecular weight excluding hydrogens is 376 g/mol. The number of ether oxygens (including phenoxy) is 1. The fourth-order valence-electron chi connectivity index (χ4n) is 3.62. The molecule has 29 heavy (non-hydrogen) atoms. The molecule has 3 aromatic heterocycles. The fourth-order valence-corrected chi connectivity index (χ4v) is 3.62. The topological polar surface area (TPSA) is 128 Å². The minimum atomic E-state index is -0.317. The Labute approximate surface area is 165 Å². The van der Waals surface area contributed by atoms with Gasteiger partial charge in [0.25, 0.3) is 5.56 Å². The second-order valence-electron chi connectivity index (χ2n) is 7.18. The molecular formula is C18H20N8O3. The van der Waals surface area contributed by atoms with E-state index in [0.29, 0.717) is 34.1 Å². The van der Waals surface area contributed by atoms with Crippen LogP contribution >= 0.6 is 0 Å². The van der Waals surface area contributed by atoms with E-state index in [4.69, 9.17) is 4.74 Å². The molecule has 2 atom stereocenters. The Morgan fingerprint density at radius 2 is 2.14 bits per heavy atom. The predicted molar refractivity (Wildman–Crippen MR) is 105 cm³/mol. The van der Waals surface area contributed by atoms with Gasteiger partial charge in [0, 0.05) is 20.2 Å². The van der Waals surface area contributed by atoms with Gasteiger partial charge in [0.1, 0.15) is 23.3 Å². The minimum absolute atomic E-state index is 0.0972. The van der Waals surface area contributed by atoms with Crippen LogP contribution in [0.3, 0.4) is 0 Å². The molecule has 11 heteroatoms. The quantitative estimate of drug-likeness (QED) is 0.554. The first-order valence-corrected chi connectivity index (χ1v) is 9.36. The Balaban J connectivity index is 1.69. The third kappa shape index (κ3) is 2.90. The standard InChI is InChI=1S/C18H20N8O3/c1-19-11-6-14-21-12-5-9(24-25(2)17(12)27)7-29-13-4-3-10(13)22-18(28)26-8-20-15(11)16(26)23-14/h5-6,8,10,13H,3-4,7H2,1-2H3,(H,22,28)(H2,19,21,23)/t10-,13-/m1/s1. The number of hydrogen-bond donors (Lipinski definition) is 3. The molecule has 0 aromatic carbocycles. The van der Waals surface area contributed by atoms with Crippen molar-refractivity contribution in [3.63, 3.8) is 0 Å². The number of aromatic nitrogens is 5. The normalized spacial score (nSPS) is 21.0. The molecule has 1 amide bonds. The lowest BCUT2D eigenvalue weighted by molar-refractivity contribution is -0.0339. The first-order chi connectivity index (χ1) is 14.0. The Morgan fingerprint density at radius 1 is 1.28 bits per heavy atom. The zero-order valence-corrected chi connectivity index (χ0v) is 16.0. The molecule has 1 saturated carbocycles. The van der Waals surface area contributed by atoms with Gasteiger partial charge in [-0.2, -0.15) is 5.10 Å². The van der Waals surface area contributed by atoms with Crippen LogP contribution in [0.15, 0.2) is 23.3 Å². The number of aryl methyl sites for hydroxylation is 1. The Kier molecular flexibility index (Phi) is 3.98. The van der Waals surface area contributed by atoms with Crippen LogP contribution in [0.1, 0.15) is 18.5 Å². The molecule has 4 bridgehead atoms. The van der Waals surface area contributed by atoms with Gasteiger partial charge in [-0.3, -0.25) is 4.79 Å². The number of anilines is 3. The molecule has 150 valence electrons. The fraction of sp³-hybridized carbons (Fsp3) is 0.389. The molecule has 5 rings (SSSR count). The zero-order chi connectivity index (χ0) is 20.1. The summed E-state index contributed by atoms with van der Waals surface area (Å²) in [6, 6.07) is 2.99. The van der Waals surface area contributed by atoms with Crippen LogP contribution < -0.4 is 21.5 Å². The average molecular weight is 396 g/mol. The molecule has 11 nitrogen and oxygen atoms in total. The van der Waals surface area contributed by atoms with Crippen molar-refractivity contribution in [2.24, 2.45) is 7.05 Å². The smallest absolute Gasteiger partial charge is 0.328 e. The van der Waals surface area contributed by atoms with Crippen molar-refractivity contribution in [2.45, 2.75) is 31.6 Å². The van der Waals surface area contributed by atoms with E-state index in [9.17, 15) is 9.59 Å². The zero-order valence-electron chi connectivity index (χ0n) is 16.0. The second-order valence-corrected chi connectivity index (χ2v) is 7.18. The van der Waals surface area contributed by atoms with E-state index in [1.807, 2.05) is 0 Å². The lowest BCUT2D eigenvalue weighted by atomic mass is 9.89. The van der Waals surface area contributed by atoms with Crippen molar-refractivity contribution < 1.29 is 9.53 Å². The van der Waals surface area contributed by atoms with E-state index in [1.165, 1.54) is 15.6 Å². The number of rotatable bonds is 1. The summed E-state index contributed by atoms with van der Waals surface area (Å²) in [5.74, 6) is 0.408. The van der Waals surface area contributed by atoms with Gasteiger partial charge in [-0.15, -0.1) is 0 Å². The van der Waals surface area contributed by atoms with Gasteiger partial charge < -0.3 is 20.7 Å². The molecule has 3 N–H and O–H groups in total. The average Bonchev–Trinajstić information content (AvgIpc) is 3.11. The van der Waals surface area contributed by atoms with Crippen molar-refractivity contribution in [2.75, 3.05) is 17.7 Å². The first-order valence-electron chi connectivity index (χ1n) is 9.36. The molecule has 0 spiro atoms. The summed E-state index contributed by atoms with van der Waals surface area (Å²) in [4.78, 5) is 34.3. The van der Waals surface area contributed by atoms with Crippen molar-refractivity contribution in [3.05, 3.63) is 34.5 Å². The van der Waals surface area contributed by atoms with E-state index in [-0.39, 0.29) is 30.3 Å². The van der Waals surface area contributed by atoms with Crippen LogP contribution in [-0.2, 0) is 18.4 Å². The highest BCUT2D eigenvalue weighted by Crippen LogP contribution is 2.28. The number of carbonyl (C=O) groups is 1. The Morgan fingerprint density at radius 3 is 2.90 bits per heavy atom. The summed E-state index contributed by atoms with van der Waals surface area (Å²) in [7, 11) is 3.35. The number of nitrogens with zero attached hydrogens (tertiary/aromatic N) is 5. The molecule has 4 heterocycles. The van der Waals surface area contributed by atoms with Crippen LogP contribution in [0, 0.1) is 0 Å². The van der Waals surface area contributed by atoms with E-state index in [2.05, 4.69) is 31.0 Å². The number of pyridine rings is 1. The molecule has 2 aliphatic rings. The van der Waals surface area contributed by atoms with Gasteiger partial charge in [-0.05, 0) is 18.9 Å². The number of hydrogen-bond acceptors (Lipinski definition) is 8. The second kappa shape index (κ2) is 6.55. The maximum atomic E-state index is 12.8. The predicted octanol–water partition coefficient (Wildman–Crippen LogP) is 0.929. The molecule has 0 saturated heterocycles. The third-order valence-electron chi connectivity index (χ3n) is 5.33. The van der Waals surface area contributed by atoms with Crippen LogP contribution in [0.4, 0.5) is 22.0 Å². The number of nitrogens with one attached hydrogen (secondary N) is 3. The molecule has 0 unspecified atom stereocenters. The van der Waals surface area contributed by atoms with E-state index in [0.717, 1.165) is 12.8 Å². The SMILES string of the molecule is CNc1cc2nc3c1ncn3C(=O)N[C@@H]1CC[C@H]1OCc1cc(c(=O)n(C)n1)N2. The number of fused-ring (bicyclic) bond motifs is 4. The van der Waals surface area contributed by atoms with Crippen molar-refractivity contribution >= 4 is 34.4 Å². The van der Waals surface area contributed by atoms with Crippen LogP contribution in [0.5, 0.6) is 0 Å². The summed E-state index contributed by atoms with van der Waals surface area (Å²) >= 11 is 0. The van der Waals surface area contributed by atoms with Crippen LogP contribution in [0.25, 0.3) is 11.2 Å². The molecule has 3 aromatic rings. The van der Waals surface area contributed by atoms with Crippen molar-refractivity contribution in [1.29, 1.82) is 0 Å². The lowest BCUT2D eigenvalue weighted by Gasteiger charge is -2.36. The van der Waals surface area contributed by atoms with E-state index >= 15 is 0 Å².